The van der Waals surface area contributed by atoms with Crippen molar-refractivity contribution in [1.29, 1.82) is 0 Å². The first-order chi connectivity index (χ1) is 12.9. The third-order valence-electron chi connectivity index (χ3n) is 4.81. The van der Waals surface area contributed by atoms with E-state index < -0.39 is 11.7 Å². The van der Waals surface area contributed by atoms with E-state index in [-0.39, 0.29) is 18.5 Å². The Kier molecular flexibility index (Phi) is 4.46. The van der Waals surface area contributed by atoms with Crippen LogP contribution in [0.3, 0.4) is 0 Å². The van der Waals surface area contributed by atoms with Gasteiger partial charge in [-0.1, -0.05) is 12.1 Å². The fraction of sp³-hybridized carbons (Fsp3) is 0.316. The summed E-state index contributed by atoms with van der Waals surface area (Å²) < 4.78 is 44.9. The van der Waals surface area contributed by atoms with Gasteiger partial charge in [-0.15, -0.1) is 11.8 Å². The minimum absolute atomic E-state index is 0.172. The van der Waals surface area contributed by atoms with Crippen LogP contribution < -0.4 is 14.5 Å². The number of fused-ring (bicyclic) bond motifs is 3. The molecular formula is C19H17F3N2O2S. The van der Waals surface area contributed by atoms with Crippen LogP contribution in [-0.4, -0.2) is 30.7 Å². The van der Waals surface area contributed by atoms with Gasteiger partial charge >= 0.3 is 6.18 Å². The summed E-state index contributed by atoms with van der Waals surface area (Å²) in [6, 6.07) is 10.5. The predicted octanol–water partition coefficient (Wildman–Crippen LogP) is 4.14. The molecule has 1 saturated heterocycles. The van der Waals surface area contributed by atoms with Crippen LogP contribution >= 0.6 is 11.8 Å². The maximum Gasteiger partial charge on any atom is 0.416 e. The Bertz CT molecular complexity index is 887. The van der Waals surface area contributed by atoms with Gasteiger partial charge in [-0.3, -0.25) is 4.79 Å². The Morgan fingerprint density at radius 3 is 2.74 bits per heavy atom. The standard InChI is InChI=1S/C19H17F3N2O2S/c1-26-14-4-2-3-12(7-14)9-23-16-8-13(19(20,21)22)5-6-15(16)24-11-27-10-17(24)18(23)25/h2-8,17H,9-11H2,1H3/t17-/m0/s1. The minimum atomic E-state index is -4.46. The third kappa shape index (κ3) is 3.22. The second-order valence-corrected chi connectivity index (χ2v) is 7.46. The maximum atomic E-state index is 13.2. The number of methoxy groups -OCH3 is 1. The first-order valence-electron chi connectivity index (χ1n) is 8.38. The lowest BCUT2D eigenvalue weighted by atomic mass is 10.0. The molecule has 0 N–H and O–H groups in total. The molecule has 0 saturated carbocycles. The Labute approximate surface area is 158 Å². The van der Waals surface area contributed by atoms with Crippen LogP contribution in [0.4, 0.5) is 24.5 Å². The molecule has 1 atom stereocenters. The van der Waals surface area contributed by atoms with E-state index in [1.54, 1.807) is 37.1 Å². The summed E-state index contributed by atoms with van der Waals surface area (Å²) in [7, 11) is 1.55. The minimum Gasteiger partial charge on any atom is -0.497 e. The number of nitrogens with zero attached hydrogens (tertiary/aromatic N) is 2. The van der Waals surface area contributed by atoms with Gasteiger partial charge in [0.25, 0.3) is 5.91 Å². The van der Waals surface area contributed by atoms with E-state index in [9.17, 15) is 18.0 Å². The van der Waals surface area contributed by atoms with E-state index in [0.717, 1.165) is 17.7 Å². The Balaban J connectivity index is 1.78. The number of hydrogen-bond donors (Lipinski definition) is 0. The van der Waals surface area contributed by atoms with Crippen LogP contribution in [0.1, 0.15) is 11.1 Å². The van der Waals surface area contributed by atoms with Crippen molar-refractivity contribution >= 4 is 29.0 Å². The SMILES string of the molecule is COc1cccc(CN2C(=O)[C@@H]3CSCN3c3ccc(C(F)(F)F)cc32)c1. The van der Waals surface area contributed by atoms with Gasteiger partial charge in [-0.2, -0.15) is 13.2 Å². The van der Waals surface area contributed by atoms with E-state index in [4.69, 9.17) is 4.74 Å². The Morgan fingerprint density at radius 2 is 2.00 bits per heavy atom. The number of rotatable bonds is 3. The van der Waals surface area contributed by atoms with Gasteiger partial charge in [0.15, 0.2) is 0 Å². The number of carbonyl (C=O) groups excluding carboxylic acids is 1. The summed E-state index contributed by atoms with van der Waals surface area (Å²) in [6.07, 6.45) is -4.46. The molecule has 8 heteroatoms. The summed E-state index contributed by atoms with van der Waals surface area (Å²) in [5, 5.41) is 0. The zero-order chi connectivity index (χ0) is 19.2. The molecule has 0 radical (unpaired) electrons. The summed E-state index contributed by atoms with van der Waals surface area (Å²) in [5.41, 5.74) is 1.01. The molecule has 142 valence electrons. The summed E-state index contributed by atoms with van der Waals surface area (Å²) in [5.74, 6) is 1.70. The smallest absolute Gasteiger partial charge is 0.416 e. The molecular weight excluding hydrogens is 377 g/mol. The highest BCUT2D eigenvalue weighted by atomic mass is 32.2. The van der Waals surface area contributed by atoms with Crippen LogP contribution in [0, 0.1) is 0 Å². The maximum absolute atomic E-state index is 13.2. The predicted molar refractivity (Wildman–Crippen MR) is 99.2 cm³/mol. The second-order valence-electron chi connectivity index (χ2n) is 6.46. The Morgan fingerprint density at radius 1 is 1.19 bits per heavy atom. The van der Waals surface area contributed by atoms with Crippen molar-refractivity contribution in [3.63, 3.8) is 0 Å². The lowest BCUT2D eigenvalue weighted by Crippen LogP contribution is -2.51. The normalized spacial score (nSPS) is 19.1. The van der Waals surface area contributed by atoms with Gasteiger partial charge in [0, 0.05) is 5.75 Å². The van der Waals surface area contributed by atoms with Crippen LogP contribution in [0.15, 0.2) is 42.5 Å². The van der Waals surface area contributed by atoms with Gasteiger partial charge in [-0.25, -0.2) is 0 Å². The molecule has 0 aliphatic carbocycles. The van der Waals surface area contributed by atoms with Crippen molar-refractivity contribution in [2.45, 2.75) is 18.8 Å². The van der Waals surface area contributed by atoms with Crippen molar-refractivity contribution in [3.05, 3.63) is 53.6 Å². The highest BCUT2D eigenvalue weighted by Gasteiger charge is 2.42. The van der Waals surface area contributed by atoms with Gasteiger partial charge in [-0.05, 0) is 35.9 Å². The largest absolute Gasteiger partial charge is 0.497 e. The molecule has 0 unspecified atom stereocenters. The van der Waals surface area contributed by atoms with Crippen molar-refractivity contribution in [3.8, 4) is 5.75 Å². The first-order valence-corrected chi connectivity index (χ1v) is 9.54. The molecule has 4 rings (SSSR count). The number of halogens is 3. The molecule has 1 amide bonds. The molecule has 1 fully saturated rings. The number of amides is 1. The molecule has 2 aromatic carbocycles. The number of hydrogen-bond acceptors (Lipinski definition) is 4. The van der Waals surface area contributed by atoms with Gasteiger partial charge in [0.05, 0.1) is 36.5 Å². The average molecular weight is 394 g/mol. The first kappa shape index (κ1) is 18.0. The third-order valence-corrected chi connectivity index (χ3v) is 5.82. The van der Waals surface area contributed by atoms with Gasteiger partial charge in [0.1, 0.15) is 11.8 Å². The van der Waals surface area contributed by atoms with E-state index >= 15 is 0 Å². The second kappa shape index (κ2) is 6.67. The number of alkyl halides is 3. The van der Waals surface area contributed by atoms with E-state index in [2.05, 4.69) is 0 Å². The molecule has 0 spiro atoms. The van der Waals surface area contributed by atoms with Gasteiger partial charge in [0.2, 0.25) is 0 Å². The van der Waals surface area contributed by atoms with Crippen LogP contribution in [0.5, 0.6) is 5.75 Å². The van der Waals surface area contributed by atoms with Crippen molar-refractivity contribution in [2.75, 3.05) is 28.5 Å². The summed E-state index contributed by atoms with van der Waals surface area (Å²) >= 11 is 1.61. The van der Waals surface area contributed by atoms with E-state index in [1.807, 2.05) is 11.0 Å². The molecule has 2 aliphatic heterocycles. The molecule has 2 heterocycles. The topological polar surface area (TPSA) is 32.8 Å². The van der Waals surface area contributed by atoms with Gasteiger partial charge < -0.3 is 14.5 Å². The molecule has 0 aromatic heterocycles. The van der Waals surface area contributed by atoms with E-state index in [0.29, 0.717) is 28.8 Å². The zero-order valence-corrected chi connectivity index (χ0v) is 15.3. The highest BCUT2D eigenvalue weighted by Crippen LogP contribution is 2.44. The Hall–Kier alpha value is -2.35. The quantitative estimate of drug-likeness (QED) is 0.783. The molecule has 2 aliphatic rings. The lowest BCUT2D eigenvalue weighted by molar-refractivity contribution is -0.137. The molecule has 4 nitrogen and oxygen atoms in total. The molecule has 27 heavy (non-hydrogen) atoms. The number of anilines is 2. The number of benzene rings is 2. The fourth-order valence-corrected chi connectivity index (χ4v) is 4.63. The zero-order valence-electron chi connectivity index (χ0n) is 14.5. The number of carbonyl (C=O) groups is 1. The highest BCUT2D eigenvalue weighted by molar-refractivity contribution is 7.99. The number of ether oxygens (including phenoxy) is 1. The average Bonchev–Trinajstić information content (AvgIpc) is 3.14. The summed E-state index contributed by atoms with van der Waals surface area (Å²) in [6.45, 7) is 0.194. The molecule has 2 aromatic rings. The molecule has 0 bridgehead atoms. The lowest BCUT2D eigenvalue weighted by Gasteiger charge is -2.39. The van der Waals surface area contributed by atoms with Crippen LogP contribution in [0.25, 0.3) is 0 Å². The monoisotopic (exact) mass is 394 g/mol. The number of thioether (sulfide) groups is 1. The fourth-order valence-electron chi connectivity index (χ4n) is 3.46. The van der Waals surface area contributed by atoms with Crippen molar-refractivity contribution in [1.82, 2.24) is 0 Å². The van der Waals surface area contributed by atoms with Crippen LogP contribution in [0.2, 0.25) is 0 Å². The van der Waals surface area contributed by atoms with Crippen molar-refractivity contribution < 1.29 is 22.7 Å². The summed E-state index contributed by atoms with van der Waals surface area (Å²) in [4.78, 5) is 16.4. The van der Waals surface area contributed by atoms with Crippen LogP contribution in [-0.2, 0) is 17.5 Å². The van der Waals surface area contributed by atoms with E-state index in [1.165, 1.54) is 11.0 Å². The van der Waals surface area contributed by atoms with Crippen molar-refractivity contribution in [2.24, 2.45) is 0 Å².